The Kier molecular flexibility index (Phi) is 19.5. The average molecular weight is 929 g/mol. The summed E-state index contributed by atoms with van der Waals surface area (Å²) in [6, 6.07) is 50.7. The Bertz CT molecular complexity index is 2110. The quantitative estimate of drug-likeness (QED) is 0.0332. The fraction of sp³-hybridized carbons (Fsp3) is 0.448. The van der Waals surface area contributed by atoms with Gasteiger partial charge in [-0.3, -0.25) is 9.59 Å². The van der Waals surface area contributed by atoms with Crippen LogP contribution in [0.3, 0.4) is 0 Å². The monoisotopic (exact) mass is 929 g/mol. The average Bonchev–Trinajstić information content (AvgIpc) is 3.29. The highest BCUT2D eigenvalue weighted by molar-refractivity contribution is 6.74. The van der Waals surface area contributed by atoms with Gasteiger partial charge in [-0.1, -0.05) is 172 Å². The highest BCUT2D eigenvalue weighted by atomic mass is 28.4. The minimum Gasteiger partial charge on any atom is -0.465 e. The molecular weight excluding hydrogens is 853 g/mol. The van der Waals surface area contributed by atoms with E-state index in [4.69, 9.17) is 23.4 Å². The Labute approximate surface area is 402 Å². The van der Waals surface area contributed by atoms with E-state index in [1.165, 1.54) is 0 Å². The molecule has 4 atom stereocenters. The van der Waals surface area contributed by atoms with Crippen molar-refractivity contribution in [3.63, 3.8) is 0 Å². The number of ether oxygens (including phenoxy) is 4. The number of esters is 1. The molecule has 0 amide bonds. The van der Waals surface area contributed by atoms with Crippen LogP contribution in [0.4, 0.5) is 0 Å². The zero-order chi connectivity index (χ0) is 48.6. The molecule has 0 saturated carbocycles. The van der Waals surface area contributed by atoms with Gasteiger partial charge < -0.3 is 28.5 Å². The lowest BCUT2D eigenvalue weighted by Gasteiger charge is -2.45. The summed E-state index contributed by atoms with van der Waals surface area (Å²) >= 11 is 0. The van der Waals surface area contributed by atoms with E-state index < -0.39 is 37.1 Å². The van der Waals surface area contributed by atoms with E-state index in [1.54, 1.807) is 0 Å². The number of hydrogen-bond donors (Lipinski definition) is 1. The van der Waals surface area contributed by atoms with E-state index in [2.05, 4.69) is 70.3 Å². The van der Waals surface area contributed by atoms with Crippen molar-refractivity contribution in [2.24, 2.45) is 5.41 Å². The number of Topliss-reactive ketones (excluding diaryl/α,β-unsaturated/α-hetero) is 1. The number of ketones is 1. The summed E-state index contributed by atoms with van der Waals surface area (Å²) in [5.41, 5.74) is 2.57. The van der Waals surface area contributed by atoms with Gasteiger partial charge in [-0.15, -0.1) is 0 Å². The van der Waals surface area contributed by atoms with Crippen LogP contribution in [0.2, 0.25) is 18.1 Å². The van der Waals surface area contributed by atoms with Gasteiger partial charge in [0.15, 0.2) is 8.32 Å². The van der Waals surface area contributed by atoms with Gasteiger partial charge in [0.2, 0.25) is 0 Å². The fourth-order valence-electron chi connectivity index (χ4n) is 8.24. The number of aliphatic hydroxyl groups excluding tert-OH is 1. The lowest BCUT2D eigenvalue weighted by atomic mass is 9.80. The van der Waals surface area contributed by atoms with Crippen molar-refractivity contribution >= 4 is 20.1 Å². The molecule has 0 aliphatic heterocycles. The zero-order valence-corrected chi connectivity index (χ0v) is 42.5. The number of carbonyl (C=O) groups excluding carboxylic acids is 2. The van der Waals surface area contributed by atoms with Gasteiger partial charge in [0.1, 0.15) is 11.4 Å². The van der Waals surface area contributed by atoms with Crippen molar-refractivity contribution in [2.45, 2.75) is 148 Å². The summed E-state index contributed by atoms with van der Waals surface area (Å²) in [6.45, 7) is 19.6. The molecule has 9 heteroatoms. The molecule has 0 radical (unpaired) electrons. The van der Waals surface area contributed by atoms with Crippen molar-refractivity contribution in [1.82, 2.24) is 0 Å². The molecule has 0 bridgehead atoms. The summed E-state index contributed by atoms with van der Waals surface area (Å²) in [5, 5.41) is 11.7. The van der Waals surface area contributed by atoms with Crippen LogP contribution in [0.15, 0.2) is 152 Å². The van der Waals surface area contributed by atoms with Crippen LogP contribution in [-0.4, -0.2) is 62.3 Å². The molecule has 0 saturated heterocycles. The largest absolute Gasteiger partial charge is 0.465 e. The Morgan fingerprint density at radius 2 is 1.00 bits per heavy atom. The van der Waals surface area contributed by atoms with Gasteiger partial charge in [-0.2, -0.15) is 0 Å². The van der Waals surface area contributed by atoms with Crippen LogP contribution in [0.5, 0.6) is 0 Å². The Hall–Kier alpha value is -4.74. The number of carbonyl (C=O) groups is 2. The predicted molar refractivity (Wildman–Crippen MR) is 271 cm³/mol. The van der Waals surface area contributed by atoms with Gasteiger partial charge in [-0.25, -0.2) is 0 Å². The van der Waals surface area contributed by atoms with Crippen molar-refractivity contribution < 1.29 is 38.1 Å². The van der Waals surface area contributed by atoms with Gasteiger partial charge in [0.25, 0.3) is 0 Å². The lowest BCUT2D eigenvalue weighted by molar-refractivity contribution is -0.154. The summed E-state index contributed by atoms with van der Waals surface area (Å²) < 4.78 is 33.2. The predicted octanol–water partition coefficient (Wildman–Crippen LogP) is 12.8. The molecule has 5 aromatic carbocycles. The highest BCUT2D eigenvalue weighted by Crippen LogP contribution is 2.43. The fourth-order valence-corrected chi connectivity index (χ4v) is 9.93. The zero-order valence-electron chi connectivity index (χ0n) is 41.5. The van der Waals surface area contributed by atoms with E-state index in [0.717, 1.165) is 27.8 Å². The summed E-state index contributed by atoms with van der Waals surface area (Å²) in [6.07, 6.45) is -0.237. The van der Waals surface area contributed by atoms with Crippen LogP contribution in [0.25, 0.3) is 0 Å². The van der Waals surface area contributed by atoms with Crippen LogP contribution in [-0.2, 0) is 51.8 Å². The molecule has 1 N–H and O–H groups in total. The van der Waals surface area contributed by atoms with E-state index in [-0.39, 0.29) is 48.8 Å². The number of aliphatic hydroxyl groups is 1. The molecule has 360 valence electrons. The number of hydrogen-bond acceptors (Lipinski definition) is 8. The van der Waals surface area contributed by atoms with Crippen LogP contribution in [0.1, 0.15) is 115 Å². The van der Waals surface area contributed by atoms with Gasteiger partial charge in [0, 0.05) is 32.1 Å². The lowest BCUT2D eigenvalue weighted by Crippen LogP contribution is -2.51. The van der Waals surface area contributed by atoms with Crippen LogP contribution >= 0.6 is 0 Å². The molecule has 67 heavy (non-hydrogen) atoms. The Morgan fingerprint density at radius 1 is 0.582 bits per heavy atom. The first-order valence-electron chi connectivity index (χ1n) is 24.0. The molecular formula is C58H76O8Si. The number of benzene rings is 5. The highest BCUT2D eigenvalue weighted by Gasteiger charge is 2.45. The molecule has 0 heterocycles. The van der Waals surface area contributed by atoms with Crippen molar-refractivity contribution in [3.8, 4) is 0 Å². The Morgan fingerprint density at radius 3 is 1.43 bits per heavy atom. The molecule has 0 fully saturated rings. The van der Waals surface area contributed by atoms with Gasteiger partial charge >= 0.3 is 5.97 Å². The molecule has 0 spiro atoms. The second-order valence-electron chi connectivity index (χ2n) is 20.8. The van der Waals surface area contributed by atoms with Crippen molar-refractivity contribution in [1.29, 1.82) is 0 Å². The Balaban J connectivity index is 1.36. The summed E-state index contributed by atoms with van der Waals surface area (Å²) in [5.74, 6) is -0.386. The first-order valence-corrected chi connectivity index (χ1v) is 26.9. The second-order valence-corrected chi connectivity index (χ2v) is 25.5. The molecule has 0 aliphatic carbocycles. The van der Waals surface area contributed by atoms with Gasteiger partial charge in [-0.05, 0) is 80.1 Å². The van der Waals surface area contributed by atoms with E-state index in [0.29, 0.717) is 39.1 Å². The molecule has 5 rings (SSSR count). The first kappa shape index (κ1) is 53.2. The molecule has 0 aromatic heterocycles. The van der Waals surface area contributed by atoms with E-state index in [9.17, 15) is 14.7 Å². The van der Waals surface area contributed by atoms with Crippen molar-refractivity contribution in [3.05, 3.63) is 179 Å². The minimum atomic E-state index is -2.44. The van der Waals surface area contributed by atoms with E-state index in [1.807, 2.05) is 143 Å². The van der Waals surface area contributed by atoms with Crippen molar-refractivity contribution in [2.75, 3.05) is 13.2 Å². The van der Waals surface area contributed by atoms with Gasteiger partial charge in [0.05, 0.1) is 55.8 Å². The maximum absolute atomic E-state index is 14.4. The second kappa shape index (κ2) is 24.5. The van der Waals surface area contributed by atoms with Crippen LogP contribution in [0, 0.1) is 5.41 Å². The SMILES string of the molecule is CC(C)(C)C(=O)OCC[C@@H](C[C@@](C)(CC(=O)C[C@@H](O)C[C@H](CCOC(c1ccccc1)(c1ccccc1)c1ccccc1)OCc1ccccc1)O[Si](C)(C)C(C)(C)C)OCc1ccccc1. The summed E-state index contributed by atoms with van der Waals surface area (Å²) in [4.78, 5) is 27.1. The normalized spacial score (nSPS) is 14.7. The third kappa shape index (κ3) is 16.2. The molecule has 8 nitrogen and oxygen atoms in total. The standard InChI is InChI=1S/C58H76O8Si/c1-55(2,3)54(61)62-37-35-53(64-44-46-27-17-11-18-28-46)42-57(7,66-67(8,9)56(4,5)6)41-51(60)39-50(59)40-52(63-43-45-25-15-10-16-26-45)36-38-65-58(47-29-19-12-20-30-47,48-31-21-13-22-32-48)49-33-23-14-24-34-49/h10-34,50,52-53,59H,35-44H2,1-9H3/t50-,52+,53+,57-/m1/s1. The minimum absolute atomic E-state index is 0.0662. The maximum atomic E-state index is 14.4. The smallest absolute Gasteiger partial charge is 0.311 e. The number of rotatable bonds is 26. The third-order valence-electron chi connectivity index (χ3n) is 12.8. The first-order chi connectivity index (χ1) is 31.8. The summed E-state index contributed by atoms with van der Waals surface area (Å²) in [7, 11) is -2.44. The molecule has 0 unspecified atom stereocenters. The van der Waals surface area contributed by atoms with E-state index >= 15 is 0 Å². The maximum Gasteiger partial charge on any atom is 0.311 e. The third-order valence-corrected chi connectivity index (χ3v) is 17.4. The van der Waals surface area contributed by atoms with Crippen LogP contribution < -0.4 is 0 Å². The molecule has 0 aliphatic rings. The topological polar surface area (TPSA) is 101 Å². The molecule has 5 aromatic rings.